The zero-order valence-electron chi connectivity index (χ0n) is 10.5. The van der Waals surface area contributed by atoms with E-state index in [9.17, 15) is 12.8 Å². The predicted octanol–water partition coefficient (Wildman–Crippen LogP) is 3.47. The van der Waals surface area contributed by atoms with Gasteiger partial charge < -0.3 is 0 Å². The fourth-order valence-electron chi connectivity index (χ4n) is 1.61. The number of hydrogen-bond acceptors (Lipinski definition) is 4. The molecule has 0 aliphatic carbocycles. The molecule has 0 radical (unpaired) electrons. The van der Waals surface area contributed by atoms with Crippen LogP contribution in [0.2, 0.25) is 0 Å². The standard InChI is InChI=1S/C12H12BrFN2O2S2/c1-2-11(12-15-5-6-19-12)16-20(17,18)8-3-4-9(13)10(14)7-8/h3-7,11,16H,2H2,1H3. The third-order valence-corrected chi connectivity index (χ3v) is 5.66. The van der Waals surface area contributed by atoms with Gasteiger partial charge in [0, 0.05) is 11.6 Å². The summed E-state index contributed by atoms with van der Waals surface area (Å²) in [6.07, 6.45) is 2.18. The van der Waals surface area contributed by atoms with Crippen molar-refractivity contribution in [2.45, 2.75) is 24.3 Å². The van der Waals surface area contributed by atoms with Crippen LogP contribution in [0.1, 0.15) is 24.4 Å². The number of halogens is 2. The second-order valence-corrected chi connectivity index (χ2v) is 7.52. The summed E-state index contributed by atoms with van der Waals surface area (Å²) in [6.45, 7) is 1.86. The Hall–Kier alpha value is -0.830. The van der Waals surface area contributed by atoms with Crippen molar-refractivity contribution in [3.8, 4) is 0 Å². The van der Waals surface area contributed by atoms with Crippen LogP contribution in [0, 0.1) is 5.82 Å². The molecule has 20 heavy (non-hydrogen) atoms. The van der Waals surface area contributed by atoms with Crippen molar-refractivity contribution in [2.75, 3.05) is 0 Å². The van der Waals surface area contributed by atoms with Gasteiger partial charge in [0.25, 0.3) is 0 Å². The first kappa shape index (κ1) is 15.6. The molecule has 0 amide bonds. The first-order valence-electron chi connectivity index (χ1n) is 5.81. The van der Waals surface area contributed by atoms with Gasteiger partial charge in [-0.15, -0.1) is 11.3 Å². The quantitative estimate of drug-likeness (QED) is 0.866. The fraction of sp³-hybridized carbons (Fsp3) is 0.250. The van der Waals surface area contributed by atoms with Crippen LogP contribution < -0.4 is 4.72 Å². The molecule has 0 fully saturated rings. The summed E-state index contributed by atoms with van der Waals surface area (Å²) in [7, 11) is -3.78. The van der Waals surface area contributed by atoms with E-state index in [1.54, 1.807) is 11.6 Å². The van der Waals surface area contributed by atoms with Crippen LogP contribution in [0.3, 0.4) is 0 Å². The van der Waals surface area contributed by atoms with E-state index >= 15 is 0 Å². The summed E-state index contributed by atoms with van der Waals surface area (Å²) in [5.41, 5.74) is 0. The van der Waals surface area contributed by atoms with E-state index in [1.165, 1.54) is 23.5 Å². The van der Waals surface area contributed by atoms with Gasteiger partial charge in [-0.2, -0.15) is 0 Å². The molecule has 0 bridgehead atoms. The van der Waals surface area contributed by atoms with E-state index in [0.717, 1.165) is 6.07 Å². The summed E-state index contributed by atoms with van der Waals surface area (Å²) in [4.78, 5) is 4.00. The first-order chi connectivity index (χ1) is 9.44. The molecular formula is C12H12BrFN2O2S2. The molecule has 0 aliphatic rings. The molecule has 8 heteroatoms. The SMILES string of the molecule is CCC(NS(=O)(=O)c1ccc(Br)c(F)c1)c1nccs1. The van der Waals surface area contributed by atoms with Gasteiger partial charge in [0.05, 0.1) is 15.4 Å². The Morgan fingerprint density at radius 2 is 2.25 bits per heavy atom. The minimum absolute atomic E-state index is 0.104. The molecule has 1 heterocycles. The molecule has 2 rings (SSSR count). The third kappa shape index (κ3) is 3.43. The number of rotatable bonds is 5. The number of hydrogen-bond donors (Lipinski definition) is 1. The highest BCUT2D eigenvalue weighted by molar-refractivity contribution is 9.10. The highest BCUT2D eigenvalue weighted by Crippen LogP contribution is 2.24. The molecule has 1 aromatic heterocycles. The topological polar surface area (TPSA) is 59.1 Å². The average Bonchev–Trinajstić information content (AvgIpc) is 2.93. The zero-order chi connectivity index (χ0) is 14.8. The molecule has 0 saturated carbocycles. The Balaban J connectivity index is 2.28. The van der Waals surface area contributed by atoms with Crippen molar-refractivity contribution in [3.05, 3.63) is 45.1 Å². The smallest absolute Gasteiger partial charge is 0.241 e. The molecule has 1 aromatic carbocycles. The largest absolute Gasteiger partial charge is 0.248 e. The van der Waals surface area contributed by atoms with Crippen molar-refractivity contribution in [1.82, 2.24) is 9.71 Å². The highest BCUT2D eigenvalue weighted by Gasteiger charge is 2.22. The molecule has 4 nitrogen and oxygen atoms in total. The Morgan fingerprint density at radius 3 is 2.80 bits per heavy atom. The molecule has 1 atom stereocenters. The van der Waals surface area contributed by atoms with Gasteiger partial charge in [-0.3, -0.25) is 0 Å². The molecule has 0 aliphatic heterocycles. The number of benzene rings is 1. The lowest BCUT2D eigenvalue weighted by atomic mass is 10.3. The average molecular weight is 379 g/mol. The first-order valence-corrected chi connectivity index (χ1v) is 8.96. The van der Waals surface area contributed by atoms with Crippen LogP contribution in [0.4, 0.5) is 4.39 Å². The van der Waals surface area contributed by atoms with Crippen molar-refractivity contribution in [1.29, 1.82) is 0 Å². The van der Waals surface area contributed by atoms with Gasteiger partial charge >= 0.3 is 0 Å². The van der Waals surface area contributed by atoms with Gasteiger partial charge in [-0.05, 0) is 40.5 Å². The molecular weight excluding hydrogens is 367 g/mol. The molecule has 2 aromatic rings. The Kier molecular flexibility index (Phi) is 4.90. The summed E-state index contributed by atoms with van der Waals surface area (Å²) < 4.78 is 40.7. The Morgan fingerprint density at radius 1 is 1.50 bits per heavy atom. The second kappa shape index (κ2) is 6.30. The van der Waals surface area contributed by atoms with Crippen molar-refractivity contribution in [3.63, 3.8) is 0 Å². The normalized spacial score (nSPS) is 13.3. The third-order valence-electron chi connectivity index (χ3n) is 2.66. The monoisotopic (exact) mass is 378 g/mol. The van der Waals surface area contributed by atoms with E-state index in [-0.39, 0.29) is 9.37 Å². The summed E-state index contributed by atoms with van der Waals surface area (Å²) >= 11 is 4.37. The lowest BCUT2D eigenvalue weighted by Crippen LogP contribution is -2.28. The number of aromatic nitrogens is 1. The van der Waals surface area contributed by atoms with Crippen molar-refractivity contribution in [2.24, 2.45) is 0 Å². The van der Waals surface area contributed by atoms with Crippen LogP contribution >= 0.6 is 27.3 Å². The lowest BCUT2D eigenvalue weighted by Gasteiger charge is -2.15. The molecule has 1 N–H and O–H groups in total. The molecule has 0 saturated heterocycles. The van der Waals surface area contributed by atoms with Crippen LogP contribution in [0.5, 0.6) is 0 Å². The Bertz CT molecular complexity index is 689. The van der Waals surface area contributed by atoms with Crippen LogP contribution in [0.15, 0.2) is 39.1 Å². The highest BCUT2D eigenvalue weighted by atomic mass is 79.9. The predicted molar refractivity (Wildman–Crippen MR) is 79.6 cm³/mol. The van der Waals surface area contributed by atoms with Gasteiger partial charge in [0.1, 0.15) is 10.8 Å². The van der Waals surface area contributed by atoms with Crippen molar-refractivity contribution < 1.29 is 12.8 Å². The van der Waals surface area contributed by atoms with E-state index in [0.29, 0.717) is 11.4 Å². The minimum Gasteiger partial charge on any atom is -0.248 e. The van der Waals surface area contributed by atoms with Gasteiger partial charge in [0.2, 0.25) is 10.0 Å². The summed E-state index contributed by atoms with van der Waals surface area (Å²) in [5, 5.41) is 2.47. The maximum Gasteiger partial charge on any atom is 0.241 e. The van der Waals surface area contributed by atoms with E-state index in [4.69, 9.17) is 0 Å². The number of sulfonamides is 1. The van der Waals surface area contributed by atoms with E-state index < -0.39 is 21.9 Å². The zero-order valence-corrected chi connectivity index (χ0v) is 13.7. The maximum atomic E-state index is 13.5. The van der Waals surface area contributed by atoms with Gasteiger partial charge in [0.15, 0.2) is 0 Å². The number of nitrogens with one attached hydrogen (secondary N) is 1. The van der Waals surface area contributed by atoms with Crippen LogP contribution in [0.25, 0.3) is 0 Å². The van der Waals surface area contributed by atoms with Crippen molar-refractivity contribution >= 4 is 37.3 Å². The summed E-state index contributed by atoms with van der Waals surface area (Å²) in [5.74, 6) is -0.616. The maximum absolute atomic E-state index is 13.5. The number of nitrogens with zero attached hydrogens (tertiary/aromatic N) is 1. The van der Waals surface area contributed by atoms with Crippen LogP contribution in [-0.2, 0) is 10.0 Å². The molecule has 1 unspecified atom stereocenters. The van der Waals surface area contributed by atoms with E-state index in [2.05, 4.69) is 25.6 Å². The van der Waals surface area contributed by atoms with E-state index in [1.807, 2.05) is 6.92 Å². The van der Waals surface area contributed by atoms with Gasteiger partial charge in [-0.1, -0.05) is 6.92 Å². The Labute approximate surface area is 129 Å². The number of thiazole rings is 1. The van der Waals surface area contributed by atoms with Gasteiger partial charge in [-0.25, -0.2) is 22.5 Å². The molecule has 108 valence electrons. The fourth-order valence-corrected chi connectivity index (χ4v) is 4.00. The minimum atomic E-state index is -3.78. The summed E-state index contributed by atoms with van der Waals surface area (Å²) in [6, 6.07) is 3.30. The lowest BCUT2D eigenvalue weighted by molar-refractivity contribution is 0.546. The van der Waals surface area contributed by atoms with Crippen LogP contribution in [-0.4, -0.2) is 13.4 Å². The molecule has 0 spiro atoms. The second-order valence-electron chi connectivity index (χ2n) is 4.03.